The maximum atomic E-state index is 5.30. The number of nitrogens with zero attached hydrogens (tertiary/aromatic N) is 6. The summed E-state index contributed by atoms with van der Waals surface area (Å²) >= 11 is 0. The highest BCUT2D eigenvalue weighted by atomic mass is 16.5. The van der Waals surface area contributed by atoms with Gasteiger partial charge in [0.15, 0.2) is 5.82 Å². The minimum absolute atomic E-state index is 0.00907. The van der Waals surface area contributed by atoms with Crippen molar-refractivity contribution in [3.05, 3.63) is 101 Å². The van der Waals surface area contributed by atoms with E-state index in [0.717, 1.165) is 43.3 Å². The maximum Gasteiger partial charge on any atom is 0.173 e. The molecule has 7 heteroatoms. The maximum absolute atomic E-state index is 5.30. The predicted molar refractivity (Wildman–Crippen MR) is 138 cm³/mol. The Hall–Kier alpha value is -3.71. The Kier molecular flexibility index (Phi) is 6.77. The van der Waals surface area contributed by atoms with Crippen LogP contribution in [-0.4, -0.2) is 58.4 Å². The first kappa shape index (κ1) is 23.1. The van der Waals surface area contributed by atoms with Crippen molar-refractivity contribution in [2.24, 2.45) is 0 Å². The van der Waals surface area contributed by atoms with Crippen molar-refractivity contribution in [3.63, 3.8) is 0 Å². The van der Waals surface area contributed by atoms with Gasteiger partial charge < -0.3 is 9.64 Å². The van der Waals surface area contributed by atoms with Crippen molar-refractivity contribution >= 4 is 5.69 Å². The van der Waals surface area contributed by atoms with Gasteiger partial charge in [0.25, 0.3) is 0 Å². The molecule has 1 fully saturated rings. The van der Waals surface area contributed by atoms with E-state index in [0.29, 0.717) is 6.54 Å². The van der Waals surface area contributed by atoms with E-state index in [4.69, 9.17) is 4.74 Å². The SMILES string of the molecule is COc1ccc(Cn2nnnc2[C@H](c2ccccc2)N2CCN(c3cc(C)ccc3C)CC2)cc1. The number of hydrogen-bond donors (Lipinski definition) is 0. The number of rotatable bonds is 7. The van der Waals surface area contributed by atoms with E-state index < -0.39 is 0 Å². The Morgan fingerprint density at radius 1 is 0.886 bits per heavy atom. The van der Waals surface area contributed by atoms with Crippen LogP contribution in [0.2, 0.25) is 0 Å². The molecule has 3 aromatic carbocycles. The minimum Gasteiger partial charge on any atom is -0.497 e. The van der Waals surface area contributed by atoms with Crippen LogP contribution in [0.3, 0.4) is 0 Å². The molecule has 1 atom stereocenters. The average molecular weight is 469 g/mol. The topological polar surface area (TPSA) is 59.3 Å². The molecule has 180 valence electrons. The van der Waals surface area contributed by atoms with Crippen LogP contribution in [-0.2, 0) is 6.54 Å². The van der Waals surface area contributed by atoms with Crippen LogP contribution >= 0.6 is 0 Å². The Morgan fingerprint density at radius 2 is 1.63 bits per heavy atom. The van der Waals surface area contributed by atoms with Gasteiger partial charge in [-0.2, -0.15) is 0 Å². The summed E-state index contributed by atoms with van der Waals surface area (Å²) in [6.45, 7) is 8.76. The summed E-state index contributed by atoms with van der Waals surface area (Å²) in [5.74, 6) is 1.71. The summed E-state index contributed by atoms with van der Waals surface area (Å²) in [5.41, 5.74) is 6.30. The quantitative estimate of drug-likeness (QED) is 0.404. The largest absolute Gasteiger partial charge is 0.497 e. The molecule has 0 bridgehead atoms. The zero-order chi connectivity index (χ0) is 24.2. The molecular weight excluding hydrogens is 436 g/mol. The molecule has 0 radical (unpaired) electrons. The molecule has 5 rings (SSSR count). The van der Waals surface area contributed by atoms with Gasteiger partial charge in [-0.15, -0.1) is 5.10 Å². The third kappa shape index (κ3) is 5.05. The van der Waals surface area contributed by atoms with E-state index in [1.807, 2.05) is 16.8 Å². The first-order valence-electron chi connectivity index (χ1n) is 12.1. The first-order valence-corrected chi connectivity index (χ1v) is 12.1. The number of benzene rings is 3. The molecule has 7 nitrogen and oxygen atoms in total. The number of aromatic nitrogens is 4. The Labute approximate surface area is 206 Å². The molecule has 0 aliphatic carbocycles. The Bertz CT molecular complexity index is 1250. The fourth-order valence-electron chi connectivity index (χ4n) is 4.86. The second-order valence-corrected chi connectivity index (χ2v) is 9.17. The van der Waals surface area contributed by atoms with E-state index in [1.54, 1.807) is 7.11 Å². The molecular formula is C28H32N6O. The standard InChI is InChI=1S/C28H32N6O/c1-21-9-10-22(2)26(19-21)32-15-17-33(18-16-32)27(24-7-5-4-6-8-24)28-29-30-31-34(28)20-23-11-13-25(35-3)14-12-23/h4-14,19,27H,15-18,20H2,1-3H3/t27-/m0/s1. The molecule has 1 saturated heterocycles. The molecule has 0 unspecified atom stereocenters. The molecule has 2 heterocycles. The first-order chi connectivity index (χ1) is 17.1. The number of methoxy groups -OCH3 is 1. The van der Waals surface area contributed by atoms with Crippen molar-refractivity contribution in [1.29, 1.82) is 0 Å². The highest BCUT2D eigenvalue weighted by Gasteiger charge is 2.31. The van der Waals surface area contributed by atoms with Crippen LogP contribution in [0.5, 0.6) is 5.75 Å². The highest BCUT2D eigenvalue weighted by molar-refractivity contribution is 5.55. The molecule has 0 amide bonds. The van der Waals surface area contributed by atoms with Gasteiger partial charge in [-0.05, 0) is 64.7 Å². The molecule has 1 aliphatic heterocycles. The summed E-state index contributed by atoms with van der Waals surface area (Å²) in [7, 11) is 1.68. The van der Waals surface area contributed by atoms with E-state index in [9.17, 15) is 0 Å². The van der Waals surface area contributed by atoms with Crippen LogP contribution in [0.4, 0.5) is 5.69 Å². The number of ether oxygens (including phenoxy) is 1. The van der Waals surface area contributed by atoms with Gasteiger partial charge in [0, 0.05) is 31.9 Å². The average Bonchev–Trinajstić information content (AvgIpc) is 3.35. The Balaban J connectivity index is 1.40. The molecule has 35 heavy (non-hydrogen) atoms. The summed E-state index contributed by atoms with van der Waals surface area (Å²) < 4.78 is 7.23. The van der Waals surface area contributed by atoms with E-state index in [1.165, 1.54) is 22.4 Å². The molecule has 0 spiro atoms. The van der Waals surface area contributed by atoms with Crippen molar-refractivity contribution in [2.45, 2.75) is 26.4 Å². The predicted octanol–water partition coefficient (Wildman–Crippen LogP) is 4.26. The minimum atomic E-state index is -0.00907. The van der Waals surface area contributed by atoms with Crippen LogP contribution in [0, 0.1) is 13.8 Å². The van der Waals surface area contributed by atoms with Crippen LogP contribution in [0.15, 0.2) is 72.8 Å². The third-order valence-electron chi connectivity index (χ3n) is 6.80. The summed E-state index contributed by atoms with van der Waals surface area (Å²) in [5, 5.41) is 13.0. The fraction of sp³-hybridized carbons (Fsp3) is 0.321. The monoisotopic (exact) mass is 468 g/mol. The van der Waals surface area contributed by atoms with Gasteiger partial charge in [-0.25, -0.2) is 4.68 Å². The number of piperazine rings is 1. The third-order valence-corrected chi connectivity index (χ3v) is 6.80. The van der Waals surface area contributed by atoms with Gasteiger partial charge >= 0.3 is 0 Å². The van der Waals surface area contributed by atoms with E-state index >= 15 is 0 Å². The van der Waals surface area contributed by atoms with Gasteiger partial charge in [0.1, 0.15) is 5.75 Å². The Morgan fingerprint density at radius 3 is 2.34 bits per heavy atom. The lowest BCUT2D eigenvalue weighted by Crippen LogP contribution is -2.48. The lowest BCUT2D eigenvalue weighted by atomic mass is 10.0. The van der Waals surface area contributed by atoms with E-state index in [2.05, 4.69) is 99.8 Å². The normalized spacial score (nSPS) is 15.2. The summed E-state index contributed by atoms with van der Waals surface area (Å²) in [6.07, 6.45) is 0. The summed E-state index contributed by atoms with van der Waals surface area (Å²) in [4.78, 5) is 5.01. The van der Waals surface area contributed by atoms with E-state index in [-0.39, 0.29) is 6.04 Å². The second-order valence-electron chi connectivity index (χ2n) is 9.17. The number of anilines is 1. The zero-order valence-electron chi connectivity index (χ0n) is 20.6. The number of tetrazole rings is 1. The second kappa shape index (κ2) is 10.3. The highest BCUT2D eigenvalue weighted by Crippen LogP contribution is 2.30. The van der Waals surface area contributed by atoms with Crippen molar-refractivity contribution in [1.82, 2.24) is 25.1 Å². The lowest BCUT2D eigenvalue weighted by Gasteiger charge is -2.40. The number of aryl methyl sites for hydroxylation is 2. The van der Waals surface area contributed by atoms with Crippen LogP contribution < -0.4 is 9.64 Å². The lowest BCUT2D eigenvalue weighted by molar-refractivity contribution is 0.201. The fourth-order valence-corrected chi connectivity index (χ4v) is 4.86. The van der Waals surface area contributed by atoms with Gasteiger partial charge in [0.2, 0.25) is 0 Å². The van der Waals surface area contributed by atoms with Crippen molar-refractivity contribution in [2.75, 3.05) is 38.2 Å². The molecule has 4 aromatic rings. The van der Waals surface area contributed by atoms with Crippen molar-refractivity contribution < 1.29 is 4.74 Å². The molecule has 1 aliphatic rings. The molecule has 0 saturated carbocycles. The van der Waals surface area contributed by atoms with Gasteiger partial charge in [-0.1, -0.05) is 54.6 Å². The summed E-state index contributed by atoms with van der Waals surface area (Å²) in [6, 6.07) is 25.3. The number of hydrogen-bond acceptors (Lipinski definition) is 6. The van der Waals surface area contributed by atoms with Crippen LogP contribution in [0.25, 0.3) is 0 Å². The van der Waals surface area contributed by atoms with Crippen LogP contribution in [0.1, 0.15) is 34.1 Å². The van der Waals surface area contributed by atoms with Crippen molar-refractivity contribution in [3.8, 4) is 5.75 Å². The zero-order valence-corrected chi connectivity index (χ0v) is 20.6. The smallest absolute Gasteiger partial charge is 0.173 e. The van der Waals surface area contributed by atoms with Gasteiger partial charge in [-0.3, -0.25) is 4.90 Å². The van der Waals surface area contributed by atoms with Gasteiger partial charge in [0.05, 0.1) is 19.7 Å². The molecule has 1 aromatic heterocycles. The molecule has 0 N–H and O–H groups in total.